The van der Waals surface area contributed by atoms with E-state index in [1.807, 2.05) is 18.2 Å². The van der Waals surface area contributed by atoms with Crippen LogP contribution < -0.4 is 5.32 Å². The molecular weight excluding hydrogens is 124 g/mol. The number of hydrogen-bond acceptors (Lipinski definition) is 1. The van der Waals surface area contributed by atoms with Crippen molar-refractivity contribution in [2.75, 3.05) is 7.05 Å². The van der Waals surface area contributed by atoms with E-state index in [0.29, 0.717) is 5.56 Å². The molecule has 49 valence electrons. The SMILES string of the molecule is C[N]c1cccc(C#N)c1. The Morgan fingerprint density at radius 3 is 2.90 bits per heavy atom. The minimum Gasteiger partial charge on any atom is -0.289 e. The highest BCUT2D eigenvalue weighted by atomic mass is 14.8. The van der Waals surface area contributed by atoms with Gasteiger partial charge in [-0.05, 0) is 18.2 Å². The fourth-order valence-electron chi connectivity index (χ4n) is 0.715. The van der Waals surface area contributed by atoms with Gasteiger partial charge in [-0.3, -0.25) is 5.32 Å². The van der Waals surface area contributed by atoms with Gasteiger partial charge < -0.3 is 0 Å². The van der Waals surface area contributed by atoms with Crippen molar-refractivity contribution in [3.63, 3.8) is 0 Å². The lowest BCUT2D eigenvalue weighted by Crippen LogP contribution is -1.85. The zero-order valence-electron chi connectivity index (χ0n) is 5.70. The smallest absolute Gasteiger partial charge is 0.0992 e. The predicted molar refractivity (Wildman–Crippen MR) is 38.9 cm³/mol. The van der Waals surface area contributed by atoms with E-state index >= 15 is 0 Å². The molecule has 0 spiro atoms. The summed E-state index contributed by atoms with van der Waals surface area (Å²) in [6, 6.07) is 9.23. The Kier molecular flexibility index (Phi) is 1.91. The first-order valence-electron chi connectivity index (χ1n) is 2.97. The second-order valence-corrected chi connectivity index (χ2v) is 1.89. The lowest BCUT2D eigenvalue weighted by Gasteiger charge is -1.94. The first-order valence-corrected chi connectivity index (χ1v) is 2.97. The number of hydrogen-bond donors (Lipinski definition) is 0. The zero-order chi connectivity index (χ0) is 7.40. The van der Waals surface area contributed by atoms with Crippen LogP contribution in [0.5, 0.6) is 0 Å². The van der Waals surface area contributed by atoms with Crippen LogP contribution in [0.3, 0.4) is 0 Å². The summed E-state index contributed by atoms with van der Waals surface area (Å²) in [7, 11) is 1.70. The van der Waals surface area contributed by atoms with Crippen LogP contribution in [0.4, 0.5) is 5.69 Å². The number of nitrogens with zero attached hydrogens (tertiary/aromatic N) is 2. The van der Waals surface area contributed by atoms with Gasteiger partial charge >= 0.3 is 0 Å². The van der Waals surface area contributed by atoms with E-state index in [4.69, 9.17) is 5.26 Å². The van der Waals surface area contributed by atoms with E-state index in [1.165, 1.54) is 0 Å². The summed E-state index contributed by atoms with van der Waals surface area (Å²) in [5.41, 5.74) is 1.50. The van der Waals surface area contributed by atoms with Crippen LogP contribution in [0.2, 0.25) is 0 Å². The first kappa shape index (κ1) is 6.63. The number of benzene rings is 1. The average Bonchev–Trinajstić information content (AvgIpc) is 2.05. The van der Waals surface area contributed by atoms with Gasteiger partial charge in [0, 0.05) is 7.05 Å². The Bertz CT molecular complexity index is 260. The van der Waals surface area contributed by atoms with Crippen LogP contribution in [0, 0.1) is 11.3 Å². The second-order valence-electron chi connectivity index (χ2n) is 1.89. The van der Waals surface area contributed by atoms with Gasteiger partial charge in [-0.1, -0.05) is 6.07 Å². The van der Waals surface area contributed by atoms with E-state index < -0.39 is 0 Å². The van der Waals surface area contributed by atoms with Crippen molar-refractivity contribution in [3.8, 4) is 6.07 Å². The fourth-order valence-corrected chi connectivity index (χ4v) is 0.715. The summed E-state index contributed by atoms with van der Waals surface area (Å²) in [5.74, 6) is 0. The van der Waals surface area contributed by atoms with Crippen molar-refractivity contribution in [3.05, 3.63) is 29.8 Å². The summed E-state index contributed by atoms with van der Waals surface area (Å²) < 4.78 is 0. The molecule has 10 heavy (non-hydrogen) atoms. The highest BCUT2D eigenvalue weighted by Gasteiger charge is 1.90. The van der Waals surface area contributed by atoms with Crippen LogP contribution in [-0.2, 0) is 0 Å². The summed E-state index contributed by atoms with van der Waals surface area (Å²) in [6.45, 7) is 0. The molecule has 0 amide bonds. The Hall–Kier alpha value is -1.49. The quantitative estimate of drug-likeness (QED) is 0.568. The normalized spacial score (nSPS) is 8.40. The molecule has 0 aliphatic heterocycles. The molecule has 0 heterocycles. The third kappa shape index (κ3) is 1.26. The number of nitriles is 1. The summed E-state index contributed by atoms with van der Waals surface area (Å²) in [4.78, 5) is 0. The van der Waals surface area contributed by atoms with Gasteiger partial charge in [-0.25, -0.2) is 0 Å². The molecular formula is C8H7N2. The zero-order valence-corrected chi connectivity index (χ0v) is 5.70. The average molecular weight is 131 g/mol. The van der Waals surface area contributed by atoms with Crippen molar-refractivity contribution in [2.24, 2.45) is 0 Å². The molecule has 0 saturated heterocycles. The standard InChI is InChI=1S/C8H7N2/c1-10-8-4-2-3-7(5-8)6-9/h2-5H,1H3. The van der Waals surface area contributed by atoms with Gasteiger partial charge in [0.05, 0.1) is 17.3 Å². The second kappa shape index (κ2) is 2.88. The lowest BCUT2D eigenvalue weighted by atomic mass is 10.2. The largest absolute Gasteiger partial charge is 0.289 e. The minimum absolute atomic E-state index is 0.656. The molecule has 0 atom stereocenters. The van der Waals surface area contributed by atoms with E-state index in [2.05, 4.69) is 5.32 Å². The van der Waals surface area contributed by atoms with E-state index in [0.717, 1.165) is 5.69 Å². The van der Waals surface area contributed by atoms with Gasteiger partial charge in [0.2, 0.25) is 0 Å². The van der Waals surface area contributed by atoms with Gasteiger partial charge in [0.1, 0.15) is 0 Å². The molecule has 0 aliphatic carbocycles. The van der Waals surface area contributed by atoms with Crippen molar-refractivity contribution < 1.29 is 0 Å². The summed E-state index contributed by atoms with van der Waals surface area (Å²) in [5, 5.41) is 12.4. The summed E-state index contributed by atoms with van der Waals surface area (Å²) >= 11 is 0. The number of rotatable bonds is 1. The molecule has 0 saturated carbocycles. The van der Waals surface area contributed by atoms with E-state index in [1.54, 1.807) is 19.2 Å². The minimum atomic E-state index is 0.656. The third-order valence-electron chi connectivity index (χ3n) is 1.23. The van der Waals surface area contributed by atoms with Gasteiger partial charge in [0.25, 0.3) is 0 Å². The van der Waals surface area contributed by atoms with Crippen LogP contribution in [0.15, 0.2) is 24.3 Å². The van der Waals surface area contributed by atoms with E-state index in [-0.39, 0.29) is 0 Å². The molecule has 0 fully saturated rings. The molecule has 0 unspecified atom stereocenters. The molecule has 0 bridgehead atoms. The van der Waals surface area contributed by atoms with Crippen LogP contribution in [0.1, 0.15) is 5.56 Å². The maximum absolute atomic E-state index is 8.47. The maximum Gasteiger partial charge on any atom is 0.0992 e. The predicted octanol–water partition coefficient (Wildman–Crippen LogP) is 1.42. The topological polar surface area (TPSA) is 37.9 Å². The molecule has 1 aromatic carbocycles. The van der Waals surface area contributed by atoms with Crippen molar-refractivity contribution in [2.45, 2.75) is 0 Å². The Balaban J connectivity index is 3.01. The maximum atomic E-state index is 8.47. The Morgan fingerprint density at radius 2 is 2.30 bits per heavy atom. The first-order chi connectivity index (χ1) is 4.86. The highest BCUT2D eigenvalue weighted by molar-refractivity contribution is 5.43. The van der Waals surface area contributed by atoms with Gasteiger partial charge in [0.15, 0.2) is 0 Å². The Labute approximate surface area is 60.1 Å². The lowest BCUT2D eigenvalue weighted by molar-refractivity contribution is 1.09. The van der Waals surface area contributed by atoms with Gasteiger partial charge in [-0.15, -0.1) is 0 Å². The fraction of sp³-hybridized carbons (Fsp3) is 0.125. The highest BCUT2D eigenvalue weighted by Crippen LogP contribution is 2.07. The molecule has 2 heteroatoms. The molecule has 2 nitrogen and oxygen atoms in total. The molecule has 1 radical (unpaired) electrons. The summed E-state index contributed by atoms with van der Waals surface area (Å²) in [6.07, 6.45) is 0. The van der Waals surface area contributed by atoms with E-state index in [9.17, 15) is 0 Å². The van der Waals surface area contributed by atoms with Gasteiger partial charge in [-0.2, -0.15) is 5.26 Å². The van der Waals surface area contributed by atoms with Crippen molar-refractivity contribution >= 4 is 5.69 Å². The monoisotopic (exact) mass is 131 g/mol. The van der Waals surface area contributed by atoms with Crippen LogP contribution in [-0.4, -0.2) is 7.05 Å². The molecule has 1 aromatic rings. The van der Waals surface area contributed by atoms with Crippen molar-refractivity contribution in [1.82, 2.24) is 5.32 Å². The third-order valence-corrected chi connectivity index (χ3v) is 1.23. The molecule has 1 rings (SSSR count). The van der Waals surface area contributed by atoms with Crippen LogP contribution in [0.25, 0.3) is 0 Å². The molecule has 0 aromatic heterocycles. The molecule has 0 aliphatic rings. The Morgan fingerprint density at radius 1 is 1.50 bits per heavy atom. The van der Waals surface area contributed by atoms with Crippen LogP contribution >= 0.6 is 0 Å². The van der Waals surface area contributed by atoms with Crippen molar-refractivity contribution in [1.29, 1.82) is 5.26 Å². The molecule has 0 N–H and O–H groups in total.